The largest absolute Gasteiger partial charge is 0.394 e. The maximum atomic E-state index is 12.3. The number of unbranched alkanes of at least 4 members (excludes halogenated alkanes) is 26. The smallest absolute Gasteiger partial charge is 0.220 e. The Labute approximate surface area is 293 Å². The van der Waals surface area contributed by atoms with Gasteiger partial charge >= 0.3 is 0 Å². The van der Waals surface area contributed by atoms with Gasteiger partial charge in [0.1, 0.15) is 0 Å². The monoisotopic (exact) mass is 660 g/mol. The molecule has 0 heterocycles. The van der Waals surface area contributed by atoms with Gasteiger partial charge in [-0.15, -0.1) is 0 Å². The summed E-state index contributed by atoms with van der Waals surface area (Å²) in [6.45, 7) is 4.28. The lowest BCUT2D eigenvalue weighted by Crippen LogP contribution is -2.45. The van der Waals surface area contributed by atoms with Crippen molar-refractivity contribution in [1.82, 2.24) is 5.32 Å². The highest BCUT2D eigenvalue weighted by Gasteiger charge is 2.17. The zero-order chi connectivity index (χ0) is 34.3. The summed E-state index contributed by atoms with van der Waals surface area (Å²) >= 11 is 0. The van der Waals surface area contributed by atoms with E-state index in [1.54, 1.807) is 6.08 Å². The Kier molecular flexibility index (Phi) is 37.9. The fraction of sp³-hybridized carbons (Fsp3) is 0.837. The van der Waals surface area contributed by atoms with Crippen LogP contribution in [0.25, 0.3) is 0 Å². The third-order valence-electron chi connectivity index (χ3n) is 9.37. The molecule has 0 rings (SSSR count). The van der Waals surface area contributed by atoms with E-state index in [1.165, 1.54) is 148 Å². The van der Waals surface area contributed by atoms with Gasteiger partial charge in [-0.1, -0.05) is 192 Å². The highest BCUT2D eigenvalue weighted by atomic mass is 16.3. The molecule has 0 aromatic heterocycles. The molecule has 0 aliphatic rings. The predicted octanol–water partition coefficient (Wildman–Crippen LogP) is 12.6. The molecular formula is C43H81NO3. The molecule has 0 saturated carbocycles. The van der Waals surface area contributed by atoms with Crippen molar-refractivity contribution < 1.29 is 15.0 Å². The van der Waals surface area contributed by atoms with Gasteiger partial charge in [-0.05, 0) is 51.4 Å². The molecule has 0 fully saturated rings. The minimum absolute atomic E-state index is 0.0781. The average Bonchev–Trinajstić information content (AvgIpc) is 3.07. The van der Waals surface area contributed by atoms with Crippen LogP contribution in [0.1, 0.15) is 213 Å². The molecule has 0 saturated heterocycles. The molecule has 0 radical (unpaired) electrons. The van der Waals surface area contributed by atoms with Crippen LogP contribution in [-0.4, -0.2) is 34.9 Å². The Morgan fingerprint density at radius 3 is 1.32 bits per heavy atom. The van der Waals surface area contributed by atoms with E-state index < -0.39 is 12.1 Å². The molecule has 0 aliphatic heterocycles. The molecule has 276 valence electrons. The Hall–Kier alpha value is -1.39. The van der Waals surface area contributed by atoms with Crippen LogP contribution in [0.2, 0.25) is 0 Å². The van der Waals surface area contributed by atoms with Crippen LogP contribution in [0.4, 0.5) is 0 Å². The summed E-state index contributed by atoms with van der Waals surface area (Å²) in [6, 6.07) is -0.628. The second-order valence-corrected chi connectivity index (χ2v) is 14.1. The fourth-order valence-corrected chi connectivity index (χ4v) is 6.15. The minimum atomic E-state index is -0.843. The van der Waals surface area contributed by atoms with E-state index in [0.29, 0.717) is 6.42 Å². The van der Waals surface area contributed by atoms with Gasteiger partial charge in [-0.2, -0.15) is 0 Å². The summed E-state index contributed by atoms with van der Waals surface area (Å²) in [6.07, 6.45) is 51.0. The Morgan fingerprint density at radius 1 is 0.511 bits per heavy atom. The van der Waals surface area contributed by atoms with Gasteiger partial charge in [0.15, 0.2) is 0 Å². The number of carbonyl (C=O) groups is 1. The van der Waals surface area contributed by atoms with Crippen LogP contribution in [0.5, 0.6) is 0 Å². The van der Waals surface area contributed by atoms with Gasteiger partial charge in [0.2, 0.25) is 5.91 Å². The molecule has 47 heavy (non-hydrogen) atoms. The summed E-state index contributed by atoms with van der Waals surface area (Å²) < 4.78 is 0. The normalized spacial score (nSPS) is 13.4. The van der Waals surface area contributed by atoms with Crippen molar-refractivity contribution in [1.29, 1.82) is 0 Å². The van der Waals surface area contributed by atoms with Gasteiger partial charge in [-0.3, -0.25) is 4.79 Å². The van der Waals surface area contributed by atoms with Gasteiger partial charge < -0.3 is 15.5 Å². The standard InChI is InChI=1S/C43H81NO3/c1-3-5-7-9-11-13-15-17-19-20-21-22-23-25-26-28-30-32-34-36-38-42(46)41(40-45)44-43(47)39-37-35-33-31-29-27-24-18-16-14-12-10-8-6-4-2/h12,14,18,24,36,38,41-42,45-46H,3-11,13,15-17,19-23,25-35,37,39-40H2,1-2H3,(H,44,47)/b14-12-,24-18-,38-36+. The third-order valence-corrected chi connectivity index (χ3v) is 9.37. The molecule has 3 N–H and O–H groups in total. The first-order chi connectivity index (χ1) is 23.2. The lowest BCUT2D eigenvalue weighted by Gasteiger charge is -2.20. The predicted molar refractivity (Wildman–Crippen MR) is 207 cm³/mol. The minimum Gasteiger partial charge on any atom is -0.394 e. The quantitative estimate of drug-likeness (QED) is 0.0459. The van der Waals surface area contributed by atoms with E-state index in [2.05, 4.69) is 43.5 Å². The van der Waals surface area contributed by atoms with E-state index in [1.807, 2.05) is 6.08 Å². The van der Waals surface area contributed by atoms with Crippen LogP contribution in [0, 0.1) is 0 Å². The number of amides is 1. The van der Waals surface area contributed by atoms with Gasteiger partial charge in [-0.25, -0.2) is 0 Å². The molecular weight excluding hydrogens is 578 g/mol. The van der Waals surface area contributed by atoms with Crippen molar-refractivity contribution in [3.8, 4) is 0 Å². The third kappa shape index (κ3) is 35.7. The molecule has 1 amide bonds. The van der Waals surface area contributed by atoms with E-state index in [0.717, 1.165) is 44.9 Å². The summed E-state index contributed by atoms with van der Waals surface area (Å²) in [5, 5.41) is 23.0. The maximum Gasteiger partial charge on any atom is 0.220 e. The molecule has 2 unspecified atom stereocenters. The van der Waals surface area contributed by atoms with E-state index in [4.69, 9.17) is 0 Å². The number of hydrogen-bond acceptors (Lipinski definition) is 3. The first-order valence-electron chi connectivity index (χ1n) is 20.7. The van der Waals surface area contributed by atoms with Crippen molar-refractivity contribution in [3.05, 3.63) is 36.5 Å². The van der Waals surface area contributed by atoms with Crippen molar-refractivity contribution in [2.45, 2.75) is 225 Å². The first kappa shape index (κ1) is 45.6. The molecule has 2 atom stereocenters. The van der Waals surface area contributed by atoms with Crippen LogP contribution < -0.4 is 5.32 Å². The lowest BCUT2D eigenvalue weighted by molar-refractivity contribution is -0.123. The molecule has 0 aromatic carbocycles. The number of aliphatic hydroxyl groups excluding tert-OH is 2. The second-order valence-electron chi connectivity index (χ2n) is 14.1. The Balaban J connectivity index is 3.60. The Morgan fingerprint density at radius 2 is 0.872 bits per heavy atom. The van der Waals surface area contributed by atoms with Crippen molar-refractivity contribution >= 4 is 5.91 Å². The Bertz CT molecular complexity index is 716. The lowest BCUT2D eigenvalue weighted by atomic mass is 10.0. The summed E-state index contributed by atoms with van der Waals surface area (Å²) in [5.74, 6) is -0.0781. The van der Waals surface area contributed by atoms with Crippen LogP contribution in [0.3, 0.4) is 0 Å². The molecule has 0 aliphatic carbocycles. The zero-order valence-corrected chi connectivity index (χ0v) is 31.5. The van der Waals surface area contributed by atoms with Crippen LogP contribution in [-0.2, 0) is 4.79 Å². The maximum absolute atomic E-state index is 12.3. The van der Waals surface area contributed by atoms with E-state index >= 15 is 0 Å². The second kappa shape index (κ2) is 39.1. The van der Waals surface area contributed by atoms with Gasteiger partial charge in [0, 0.05) is 6.42 Å². The number of rotatable bonds is 37. The summed E-state index contributed by atoms with van der Waals surface area (Å²) in [4.78, 5) is 12.3. The molecule has 0 spiro atoms. The van der Waals surface area contributed by atoms with Crippen LogP contribution >= 0.6 is 0 Å². The van der Waals surface area contributed by atoms with Gasteiger partial charge in [0.25, 0.3) is 0 Å². The number of aliphatic hydroxyl groups is 2. The van der Waals surface area contributed by atoms with E-state index in [9.17, 15) is 15.0 Å². The topological polar surface area (TPSA) is 69.6 Å². The first-order valence-corrected chi connectivity index (χ1v) is 20.7. The molecule has 0 aromatic rings. The summed E-state index contributed by atoms with van der Waals surface area (Å²) in [7, 11) is 0. The number of nitrogens with one attached hydrogen (secondary N) is 1. The van der Waals surface area contributed by atoms with Gasteiger partial charge in [0.05, 0.1) is 18.8 Å². The van der Waals surface area contributed by atoms with Crippen LogP contribution in [0.15, 0.2) is 36.5 Å². The van der Waals surface area contributed by atoms with E-state index in [-0.39, 0.29) is 12.5 Å². The molecule has 4 heteroatoms. The number of carbonyl (C=O) groups excluding carboxylic acids is 1. The molecule has 4 nitrogen and oxygen atoms in total. The van der Waals surface area contributed by atoms with Crippen molar-refractivity contribution in [3.63, 3.8) is 0 Å². The van der Waals surface area contributed by atoms with Crippen molar-refractivity contribution in [2.75, 3.05) is 6.61 Å². The fourth-order valence-electron chi connectivity index (χ4n) is 6.15. The zero-order valence-electron chi connectivity index (χ0n) is 31.5. The summed E-state index contributed by atoms with van der Waals surface area (Å²) in [5.41, 5.74) is 0. The van der Waals surface area contributed by atoms with Crippen molar-refractivity contribution in [2.24, 2.45) is 0 Å². The highest BCUT2D eigenvalue weighted by Crippen LogP contribution is 2.15. The SMILES string of the molecule is CCCCC/C=C\C/C=C\CCCCCCCC(=O)NC(CO)C(O)/C=C/CCCCCCCCCCCCCCCCCCCC. The molecule has 0 bridgehead atoms. The highest BCUT2D eigenvalue weighted by molar-refractivity contribution is 5.76. The average molecular weight is 660 g/mol. The number of hydrogen-bond donors (Lipinski definition) is 3. The number of allylic oxidation sites excluding steroid dienone is 5.